The number of rotatable bonds is 4. The summed E-state index contributed by atoms with van der Waals surface area (Å²) in [6, 6.07) is 9.45. The van der Waals surface area contributed by atoms with E-state index >= 15 is 0 Å². The fourth-order valence-corrected chi connectivity index (χ4v) is 2.02. The Morgan fingerprint density at radius 3 is 2.70 bits per heavy atom. The van der Waals surface area contributed by atoms with Gasteiger partial charge in [-0.3, -0.25) is 4.79 Å². The number of ether oxygens (including phenoxy) is 1. The van der Waals surface area contributed by atoms with Crippen LogP contribution in [0.25, 0.3) is 0 Å². The van der Waals surface area contributed by atoms with Gasteiger partial charge in [0.1, 0.15) is 18.2 Å². The van der Waals surface area contributed by atoms with Crippen molar-refractivity contribution >= 4 is 17.4 Å². The zero-order valence-electron chi connectivity index (χ0n) is 11.2. The van der Waals surface area contributed by atoms with E-state index in [9.17, 15) is 9.18 Å². The third-order valence-electron chi connectivity index (χ3n) is 2.91. The fraction of sp³-hybridized carbons (Fsp3) is 0.188. The van der Waals surface area contributed by atoms with Gasteiger partial charge in [-0.2, -0.15) is 0 Å². The maximum absolute atomic E-state index is 13.2. The standard InChI is InChI=1S/C16H14ClFO2/c1-10-3-5-14(11(2)19)16(7-10)20-9-12-8-13(18)4-6-15(12)17/h3-8H,9H2,1-2H3. The minimum atomic E-state index is -0.371. The summed E-state index contributed by atoms with van der Waals surface area (Å²) in [5.41, 5.74) is 2.03. The number of carbonyl (C=O) groups excluding carboxylic acids is 1. The predicted molar refractivity (Wildman–Crippen MR) is 76.9 cm³/mol. The Labute approximate surface area is 122 Å². The molecule has 0 atom stereocenters. The lowest BCUT2D eigenvalue weighted by atomic mass is 10.1. The molecule has 0 amide bonds. The quantitative estimate of drug-likeness (QED) is 0.772. The van der Waals surface area contributed by atoms with Crippen LogP contribution in [0.4, 0.5) is 4.39 Å². The van der Waals surface area contributed by atoms with Crippen LogP contribution in [0.2, 0.25) is 5.02 Å². The van der Waals surface area contributed by atoms with Gasteiger partial charge < -0.3 is 4.74 Å². The average Bonchev–Trinajstić information content (AvgIpc) is 2.39. The van der Waals surface area contributed by atoms with Crippen molar-refractivity contribution in [2.24, 2.45) is 0 Å². The summed E-state index contributed by atoms with van der Waals surface area (Å²) in [7, 11) is 0. The highest BCUT2D eigenvalue weighted by atomic mass is 35.5. The highest BCUT2D eigenvalue weighted by molar-refractivity contribution is 6.31. The van der Waals surface area contributed by atoms with Crippen molar-refractivity contribution in [3.05, 3.63) is 63.9 Å². The molecule has 0 spiro atoms. The molecule has 0 aliphatic heterocycles. The molecule has 0 unspecified atom stereocenters. The van der Waals surface area contributed by atoms with Gasteiger partial charge in [0.2, 0.25) is 0 Å². The molecule has 2 aromatic carbocycles. The van der Waals surface area contributed by atoms with Crippen LogP contribution in [-0.4, -0.2) is 5.78 Å². The van der Waals surface area contributed by atoms with Crippen LogP contribution < -0.4 is 4.74 Å². The average molecular weight is 293 g/mol. The summed E-state index contributed by atoms with van der Waals surface area (Å²) in [5.74, 6) is 0.0344. The zero-order chi connectivity index (χ0) is 14.7. The third-order valence-corrected chi connectivity index (χ3v) is 3.28. The molecular formula is C16H14ClFO2. The second-order valence-electron chi connectivity index (χ2n) is 4.58. The smallest absolute Gasteiger partial charge is 0.163 e. The molecule has 104 valence electrons. The number of halogens is 2. The molecule has 4 heteroatoms. The van der Waals surface area contributed by atoms with E-state index in [4.69, 9.17) is 16.3 Å². The van der Waals surface area contributed by atoms with E-state index in [1.807, 2.05) is 13.0 Å². The van der Waals surface area contributed by atoms with Crippen LogP contribution in [-0.2, 0) is 6.61 Å². The maximum Gasteiger partial charge on any atom is 0.163 e. The molecule has 0 fully saturated rings. The lowest BCUT2D eigenvalue weighted by Crippen LogP contribution is -2.02. The number of Topliss-reactive ketones (excluding diaryl/α,β-unsaturated/α-hetero) is 1. The number of hydrogen-bond donors (Lipinski definition) is 0. The molecule has 2 nitrogen and oxygen atoms in total. The van der Waals surface area contributed by atoms with E-state index in [-0.39, 0.29) is 18.2 Å². The van der Waals surface area contributed by atoms with Crippen LogP contribution >= 0.6 is 11.6 Å². The Morgan fingerprint density at radius 1 is 1.25 bits per heavy atom. The zero-order valence-corrected chi connectivity index (χ0v) is 12.0. The monoisotopic (exact) mass is 292 g/mol. The van der Waals surface area contributed by atoms with E-state index < -0.39 is 0 Å². The molecule has 2 aromatic rings. The van der Waals surface area contributed by atoms with Gasteiger partial charge in [-0.1, -0.05) is 17.7 Å². The first-order valence-corrected chi connectivity index (χ1v) is 6.53. The summed E-state index contributed by atoms with van der Waals surface area (Å²) < 4.78 is 18.8. The van der Waals surface area contributed by atoms with Gasteiger partial charge in [-0.15, -0.1) is 0 Å². The van der Waals surface area contributed by atoms with Gasteiger partial charge in [-0.25, -0.2) is 4.39 Å². The van der Waals surface area contributed by atoms with Gasteiger partial charge in [0.05, 0.1) is 5.56 Å². The van der Waals surface area contributed by atoms with Crippen LogP contribution in [0, 0.1) is 12.7 Å². The molecule has 0 aromatic heterocycles. The molecule has 0 N–H and O–H groups in total. The first-order valence-electron chi connectivity index (χ1n) is 6.15. The van der Waals surface area contributed by atoms with Crippen molar-refractivity contribution in [2.45, 2.75) is 20.5 Å². The van der Waals surface area contributed by atoms with E-state index in [0.29, 0.717) is 21.9 Å². The van der Waals surface area contributed by atoms with Crippen molar-refractivity contribution in [3.8, 4) is 5.75 Å². The molecule has 0 heterocycles. The molecule has 0 aliphatic rings. The van der Waals surface area contributed by atoms with Crippen molar-refractivity contribution < 1.29 is 13.9 Å². The summed E-state index contributed by atoms with van der Waals surface area (Å²) in [6.07, 6.45) is 0. The van der Waals surface area contributed by atoms with Gasteiger partial charge in [0, 0.05) is 10.6 Å². The fourth-order valence-electron chi connectivity index (χ4n) is 1.85. The van der Waals surface area contributed by atoms with E-state index in [1.54, 1.807) is 12.1 Å². The van der Waals surface area contributed by atoms with E-state index in [0.717, 1.165) is 5.56 Å². The second-order valence-corrected chi connectivity index (χ2v) is 4.99. The van der Waals surface area contributed by atoms with Gasteiger partial charge in [0.15, 0.2) is 5.78 Å². The topological polar surface area (TPSA) is 26.3 Å². The van der Waals surface area contributed by atoms with E-state index in [1.165, 1.54) is 25.1 Å². The van der Waals surface area contributed by atoms with Gasteiger partial charge in [-0.05, 0) is 49.7 Å². The largest absolute Gasteiger partial charge is 0.488 e. The highest BCUT2D eigenvalue weighted by Gasteiger charge is 2.10. The van der Waals surface area contributed by atoms with Crippen LogP contribution in [0.15, 0.2) is 36.4 Å². The highest BCUT2D eigenvalue weighted by Crippen LogP contribution is 2.24. The first-order chi connectivity index (χ1) is 9.47. The Balaban J connectivity index is 2.24. The van der Waals surface area contributed by atoms with Crippen molar-refractivity contribution in [3.63, 3.8) is 0 Å². The first kappa shape index (κ1) is 14.5. The Bertz CT molecular complexity index is 653. The van der Waals surface area contributed by atoms with Crippen LogP contribution in [0.3, 0.4) is 0 Å². The predicted octanol–water partition coefficient (Wildman–Crippen LogP) is 4.57. The SMILES string of the molecule is CC(=O)c1ccc(C)cc1OCc1cc(F)ccc1Cl. The lowest BCUT2D eigenvalue weighted by Gasteiger charge is -2.11. The molecule has 0 radical (unpaired) electrons. The van der Waals surface area contributed by atoms with E-state index in [2.05, 4.69) is 0 Å². The molecule has 0 saturated carbocycles. The lowest BCUT2D eigenvalue weighted by molar-refractivity contribution is 0.101. The molecular weight excluding hydrogens is 279 g/mol. The minimum absolute atomic E-state index is 0.0784. The summed E-state index contributed by atoms with van der Waals surface area (Å²) in [5, 5.41) is 0.434. The summed E-state index contributed by atoms with van der Waals surface area (Å²) in [6.45, 7) is 3.50. The third kappa shape index (κ3) is 3.36. The van der Waals surface area contributed by atoms with Gasteiger partial charge in [0.25, 0.3) is 0 Å². The summed E-state index contributed by atoms with van der Waals surface area (Å²) in [4.78, 5) is 11.5. The maximum atomic E-state index is 13.2. The van der Waals surface area contributed by atoms with Crippen LogP contribution in [0.5, 0.6) is 5.75 Å². The number of aryl methyl sites for hydroxylation is 1. The molecule has 20 heavy (non-hydrogen) atoms. The number of hydrogen-bond acceptors (Lipinski definition) is 2. The normalized spacial score (nSPS) is 10.4. The Morgan fingerprint density at radius 2 is 2.00 bits per heavy atom. The van der Waals surface area contributed by atoms with Crippen molar-refractivity contribution in [2.75, 3.05) is 0 Å². The van der Waals surface area contributed by atoms with Crippen LogP contribution in [0.1, 0.15) is 28.4 Å². The second kappa shape index (κ2) is 6.06. The van der Waals surface area contributed by atoms with Gasteiger partial charge >= 0.3 is 0 Å². The molecule has 0 bridgehead atoms. The summed E-state index contributed by atoms with van der Waals surface area (Å²) >= 11 is 5.98. The molecule has 2 rings (SSSR count). The van der Waals surface area contributed by atoms with Crippen molar-refractivity contribution in [1.82, 2.24) is 0 Å². The van der Waals surface area contributed by atoms with Crippen molar-refractivity contribution in [1.29, 1.82) is 0 Å². The molecule has 0 aliphatic carbocycles. The minimum Gasteiger partial charge on any atom is -0.488 e. The number of ketones is 1. The molecule has 0 saturated heterocycles. The Hall–Kier alpha value is -1.87. The number of carbonyl (C=O) groups is 1. The number of benzene rings is 2. The Kier molecular flexibility index (Phi) is 4.40.